The van der Waals surface area contributed by atoms with Crippen molar-refractivity contribution in [1.82, 2.24) is 0 Å². The van der Waals surface area contributed by atoms with Crippen molar-refractivity contribution in [3.05, 3.63) is 59.2 Å². The normalized spacial score (nSPS) is 11.5. The number of rotatable bonds is 4. The summed E-state index contributed by atoms with van der Waals surface area (Å²) < 4.78 is 5.24. The molecule has 0 aromatic heterocycles. The SMILES string of the molecule is COc1cccc(C(C)Nc2cc(C#N)ccc2C)c1. The van der Waals surface area contributed by atoms with Crippen molar-refractivity contribution in [2.75, 3.05) is 12.4 Å². The maximum atomic E-state index is 8.98. The number of benzene rings is 2. The average Bonchev–Trinajstić information content (AvgIpc) is 2.49. The maximum Gasteiger partial charge on any atom is 0.119 e. The second kappa shape index (κ2) is 6.12. The van der Waals surface area contributed by atoms with Gasteiger partial charge in [0.25, 0.3) is 0 Å². The van der Waals surface area contributed by atoms with Crippen LogP contribution in [0, 0.1) is 18.3 Å². The number of nitriles is 1. The summed E-state index contributed by atoms with van der Waals surface area (Å²) in [5.74, 6) is 0.846. The fourth-order valence-corrected chi connectivity index (χ4v) is 2.07. The molecule has 0 radical (unpaired) electrons. The number of hydrogen-bond acceptors (Lipinski definition) is 3. The van der Waals surface area contributed by atoms with Crippen LogP contribution in [0.5, 0.6) is 5.75 Å². The van der Waals surface area contributed by atoms with Crippen molar-refractivity contribution in [1.29, 1.82) is 5.26 Å². The van der Waals surface area contributed by atoms with Crippen molar-refractivity contribution < 1.29 is 4.74 Å². The topological polar surface area (TPSA) is 45.0 Å². The number of anilines is 1. The summed E-state index contributed by atoms with van der Waals surface area (Å²) in [5, 5.41) is 12.4. The Morgan fingerprint density at radius 2 is 2.00 bits per heavy atom. The lowest BCUT2D eigenvalue weighted by atomic mass is 10.1. The molecule has 20 heavy (non-hydrogen) atoms. The summed E-state index contributed by atoms with van der Waals surface area (Å²) in [7, 11) is 1.66. The predicted molar refractivity (Wildman–Crippen MR) is 80.9 cm³/mol. The van der Waals surface area contributed by atoms with E-state index in [1.54, 1.807) is 7.11 Å². The lowest BCUT2D eigenvalue weighted by molar-refractivity contribution is 0.414. The highest BCUT2D eigenvalue weighted by molar-refractivity contribution is 5.56. The molecule has 2 rings (SSSR count). The van der Waals surface area contributed by atoms with Gasteiger partial charge in [0.2, 0.25) is 0 Å². The number of nitrogens with zero attached hydrogens (tertiary/aromatic N) is 1. The van der Waals surface area contributed by atoms with Crippen LogP contribution in [0.2, 0.25) is 0 Å². The van der Waals surface area contributed by atoms with Gasteiger partial charge in [-0.1, -0.05) is 18.2 Å². The summed E-state index contributed by atoms with van der Waals surface area (Å²) in [6.45, 7) is 4.12. The van der Waals surface area contributed by atoms with Gasteiger partial charge < -0.3 is 10.1 Å². The molecule has 0 saturated heterocycles. The largest absolute Gasteiger partial charge is 0.497 e. The first-order valence-corrected chi connectivity index (χ1v) is 6.55. The lowest BCUT2D eigenvalue weighted by Crippen LogP contribution is -2.08. The monoisotopic (exact) mass is 266 g/mol. The van der Waals surface area contributed by atoms with E-state index in [-0.39, 0.29) is 6.04 Å². The summed E-state index contributed by atoms with van der Waals surface area (Å²) in [5.41, 5.74) is 3.92. The van der Waals surface area contributed by atoms with Crippen LogP contribution in [-0.4, -0.2) is 7.11 Å². The van der Waals surface area contributed by atoms with Gasteiger partial charge >= 0.3 is 0 Å². The Kier molecular flexibility index (Phi) is 4.27. The summed E-state index contributed by atoms with van der Waals surface area (Å²) in [4.78, 5) is 0. The van der Waals surface area contributed by atoms with Crippen molar-refractivity contribution >= 4 is 5.69 Å². The van der Waals surface area contributed by atoms with Gasteiger partial charge in [-0.25, -0.2) is 0 Å². The van der Waals surface area contributed by atoms with Crippen molar-refractivity contribution in [3.63, 3.8) is 0 Å². The van der Waals surface area contributed by atoms with Crippen LogP contribution in [0.25, 0.3) is 0 Å². The highest BCUT2D eigenvalue weighted by Crippen LogP contribution is 2.25. The molecule has 3 nitrogen and oxygen atoms in total. The fourth-order valence-electron chi connectivity index (χ4n) is 2.07. The van der Waals surface area contributed by atoms with Gasteiger partial charge in [0, 0.05) is 11.7 Å². The molecular weight excluding hydrogens is 248 g/mol. The molecule has 1 unspecified atom stereocenters. The van der Waals surface area contributed by atoms with Gasteiger partial charge in [0.1, 0.15) is 5.75 Å². The van der Waals surface area contributed by atoms with E-state index >= 15 is 0 Å². The van der Waals surface area contributed by atoms with Crippen LogP contribution in [0.15, 0.2) is 42.5 Å². The fraction of sp³-hybridized carbons (Fsp3) is 0.235. The minimum atomic E-state index is 0.137. The first-order valence-electron chi connectivity index (χ1n) is 6.55. The molecule has 2 aromatic carbocycles. The van der Waals surface area contributed by atoms with E-state index in [2.05, 4.69) is 24.4 Å². The molecule has 0 aliphatic carbocycles. The lowest BCUT2D eigenvalue weighted by Gasteiger charge is -2.18. The summed E-state index contributed by atoms with van der Waals surface area (Å²) in [6, 6.07) is 16.0. The molecule has 3 heteroatoms. The smallest absolute Gasteiger partial charge is 0.119 e. The Balaban J connectivity index is 2.23. The highest BCUT2D eigenvalue weighted by Gasteiger charge is 2.08. The molecule has 0 aliphatic rings. The molecule has 0 spiro atoms. The van der Waals surface area contributed by atoms with Gasteiger partial charge in [0.05, 0.1) is 18.7 Å². The number of hydrogen-bond donors (Lipinski definition) is 1. The second-order valence-electron chi connectivity index (χ2n) is 4.78. The van der Waals surface area contributed by atoms with Crippen molar-refractivity contribution in [2.45, 2.75) is 19.9 Å². The van der Waals surface area contributed by atoms with E-state index in [0.717, 1.165) is 22.6 Å². The Bertz CT molecular complexity index is 644. The van der Waals surface area contributed by atoms with E-state index in [1.807, 2.05) is 43.3 Å². The Labute approximate surface area is 119 Å². The zero-order chi connectivity index (χ0) is 14.5. The van der Waals surface area contributed by atoms with Crippen LogP contribution in [0.3, 0.4) is 0 Å². The van der Waals surface area contributed by atoms with Crippen LogP contribution in [-0.2, 0) is 0 Å². The van der Waals surface area contributed by atoms with Crippen molar-refractivity contribution in [3.8, 4) is 11.8 Å². The quantitative estimate of drug-likeness (QED) is 0.908. The van der Waals surface area contributed by atoms with Gasteiger partial charge in [0.15, 0.2) is 0 Å². The first kappa shape index (κ1) is 14.0. The molecule has 0 bridgehead atoms. The molecule has 102 valence electrons. The Morgan fingerprint density at radius 3 is 2.70 bits per heavy atom. The van der Waals surface area contributed by atoms with Crippen LogP contribution >= 0.6 is 0 Å². The zero-order valence-corrected chi connectivity index (χ0v) is 12.0. The minimum Gasteiger partial charge on any atom is -0.497 e. The third-order valence-corrected chi connectivity index (χ3v) is 3.33. The molecule has 0 heterocycles. The molecule has 0 aliphatic heterocycles. The van der Waals surface area contributed by atoms with Gasteiger partial charge in [-0.2, -0.15) is 5.26 Å². The third kappa shape index (κ3) is 3.10. The van der Waals surface area contributed by atoms with E-state index in [4.69, 9.17) is 10.00 Å². The Morgan fingerprint density at radius 1 is 1.20 bits per heavy atom. The summed E-state index contributed by atoms with van der Waals surface area (Å²) >= 11 is 0. The zero-order valence-electron chi connectivity index (χ0n) is 12.0. The summed E-state index contributed by atoms with van der Waals surface area (Å²) in [6.07, 6.45) is 0. The second-order valence-corrected chi connectivity index (χ2v) is 4.78. The molecule has 2 aromatic rings. The average molecular weight is 266 g/mol. The van der Waals surface area contributed by atoms with Crippen LogP contribution in [0.1, 0.15) is 29.7 Å². The molecule has 0 fully saturated rings. The Hall–Kier alpha value is -2.47. The third-order valence-electron chi connectivity index (χ3n) is 3.33. The molecule has 1 atom stereocenters. The number of aryl methyl sites for hydroxylation is 1. The van der Waals surface area contributed by atoms with Gasteiger partial charge in [-0.05, 0) is 49.2 Å². The van der Waals surface area contributed by atoms with Crippen LogP contribution < -0.4 is 10.1 Å². The molecule has 0 amide bonds. The number of methoxy groups -OCH3 is 1. The van der Waals surface area contributed by atoms with Crippen molar-refractivity contribution in [2.24, 2.45) is 0 Å². The highest BCUT2D eigenvalue weighted by atomic mass is 16.5. The van der Waals surface area contributed by atoms with E-state index < -0.39 is 0 Å². The van der Waals surface area contributed by atoms with E-state index in [0.29, 0.717) is 5.56 Å². The van der Waals surface area contributed by atoms with Gasteiger partial charge in [-0.15, -0.1) is 0 Å². The molecule has 1 N–H and O–H groups in total. The molecular formula is C17H18N2O. The number of nitrogens with one attached hydrogen (secondary N) is 1. The standard InChI is InChI=1S/C17H18N2O/c1-12-7-8-14(11-18)9-17(12)19-13(2)15-5-4-6-16(10-15)20-3/h4-10,13,19H,1-3H3. The predicted octanol–water partition coefficient (Wildman–Crippen LogP) is 4.05. The maximum absolute atomic E-state index is 8.98. The minimum absolute atomic E-state index is 0.137. The van der Waals surface area contributed by atoms with Crippen LogP contribution in [0.4, 0.5) is 5.69 Å². The van der Waals surface area contributed by atoms with E-state index in [9.17, 15) is 0 Å². The molecule has 0 saturated carbocycles. The number of ether oxygens (including phenoxy) is 1. The van der Waals surface area contributed by atoms with E-state index in [1.165, 1.54) is 0 Å². The first-order chi connectivity index (χ1) is 9.63. The van der Waals surface area contributed by atoms with Gasteiger partial charge in [-0.3, -0.25) is 0 Å².